The monoisotopic (exact) mass is 656 g/mol. The maximum absolute atomic E-state index is 14.1. The highest BCUT2D eigenvalue weighted by molar-refractivity contribution is 5.96. The van der Waals surface area contributed by atoms with Crippen molar-refractivity contribution in [1.29, 1.82) is 0 Å². The van der Waals surface area contributed by atoms with Crippen LogP contribution in [0.2, 0.25) is 0 Å². The van der Waals surface area contributed by atoms with Crippen LogP contribution in [0.15, 0.2) is 36.4 Å². The minimum absolute atomic E-state index is 0.0658. The fraction of sp³-hybridized carbons (Fsp3) is 0.500. The average molecular weight is 657 g/mol. The van der Waals surface area contributed by atoms with Crippen molar-refractivity contribution in [2.75, 3.05) is 45.8 Å². The van der Waals surface area contributed by atoms with Gasteiger partial charge >= 0.3 is 6.18 Å². The molecule has 3 aliphatic heterocycles. The first-order chi connectivity index (χ1) is 22.3. The van der Waals surface area contributed by atoms with Crippen molar-refractivity contribution in [2.24, 2.45) is 17.8 Å². The van der Waals surface area contributed by atoms with Gasteiger partial charge in [0.2, 0.25) is 11.8 Å². The van der Waals surface area contributed by atoms with Crippen LogP contribution < -0.4 is 5.32 Å². The zero-order chi connectivity index (χ0) is 33.6. The number of carbonyl (C=O) groups excluding carboxylic acids is 3. The first-order valence-corrected chi connectivity index (χ1v) is 15.6. The van der Waals surface area contributed by atoms with E-state index < -0.39 is 11.9 Å². The number of benzene rings is 1. The Morgan fingerprint density at radius 3 is 2.26 bits per heavy atom. The van der Waals surface area contributed by atoms with Crippen LogP contribution in [0.4, 0.5) is 17.6 Å². The number of aryl methyl sites for hydroxylation is 1. The Morgan fingerprint density at radius 1 is 0.957 bits per heavy atom. The minimum Gasteiger partial charge on any atom is -0.349 e. The van der Waals surface area contributed by atoms with Crippen molar-refractivity contribution in [3.8, 4) is 5.82 Å². The summed E-state index contributed by atoms with van der Waals surface area (Å²) in [5.74, 6) is -0.461. The number of aromatic nitrogens is 4. The fourth-order valence-electron chi connectivity index (χ4n) is 6.91. The molecule has 3 fully saturated rings. The predicted octanol–water partition coefficient (Wildman–Crippen LogP) is 3.17. The van der Waals surface area contributed by atoms with Crippen LogP contribution in [0.25, 0.3) is 5.82 Å². The Bertz CT molecular complexity index is 1660. The first kappa shape index (κ1) is 32.5. The highest BCUT2D eigenvalue weighted by Crippen LogP contribution is 2.34. The zero-order valence-electron chi connectivity index (χ0n) is 26.3. The van der Waals surface area contributed by atoms with Gasteiger partial charge in [0, 0.05) is 52.7 Å². The number of carbonyl (C=O) groups is 3. The van der Waals surface area contributed by atoms with Crippen molar-refractivity contribution < 1.29 is 31.9 Å². The number of hydrogen-bond acceptors (Lipinski definition) is 7. The molecule has 5 heterocycles. The number of nitrogens with zero attached hydrogens (tertiary/aromatic N) is 7. The third-order valence-electron chi connectivity index (χ3n) is 9.51. The molecule has 0 spiro atoms. The summed E-state index contributed by atoms with van der Waals surface area (Å²) in [7, 11) is 0. The van der Waals surface area contributed by atoms with Gasteiger partial charge in [-0.05, 0) is 61.9 Å². The predicted molar refractivity (Wildman–Crippen MR) is 161 cm³/mol. The Labute approximate surface area is 268 Å². The second kappa shape index (κ2) is 12.7. The van der Waals surface area contributed by atoms with Crippen LogP contribution in [0.1, 0.15) is 52.4 Å². The van der Waals surface area contributed by atoms with E-state index in [4.69, 9.17) is 0 Å². The van der Waals surface area contributed by atoms with Gasteiger partial charge in [-0.2, -0.15) is 18.3 Å². The molecule has 2 aromatic heterocycles. The van der Waals surface area contributed by atoms with E-state index in [1.807, 2.05) is 4.90 Å². The van der Waals surface area contributed by atoms with Gasteiger partial charge in [-0.1, -0.05) is 12.1 Å². The van der Waals surface area contributed by atoms with E-state index in [1.54, 1.807) is 30.9 Å². The number of rotatable bonds is 8. The van der Waals surface area contributed by atoms with E-state index in [9.17, 15) is 31.9 Å². The number of fused-ring (bicyclic) bond motifs is 1. The molecule has 1 aromatic carbocycles. The van der Waals surface area contributed by atoms with Gasteiger partial charge in [-0.3, -0.25) is 14.4 Å². The molecule has 2 unspecified atom stereocenters. The number of hydrogen-bond donors (Lipinski definition) is 1. The smallest absolute Gasteiger partial charge is 0.349 e. The Balaban J connectivity index is 1.06. The van der Waals surface area contributed by atoms with Gasteiger partial charge in [0.1, 0.15) is 5.82 Å². The summed E-state index contributed by atoms with van der Waals surface area (Å²) in [6.45, 7) is 8.93. The van der Waals surface area contributed by atoms with E-state index in [2.05, 4.69) is 25.5 Å². The molecule has 3 amide bonds. The van der Waals surface area contributed by atoms with Crippen molar-refractivity contribution >= 4 is 17.7 Å². The summed E-state index contributed by atoms with van der Waals surface area (Å²) in [5, 5.41) is 14.4. The zero-order valence-corrected chi connectivity index (χ0v) is 26.3. The second-order valence-corrected chi connectivity index (χ2v) is 12.7. The van der Waals surface area contributed by atoms with Gasteiger partial charge in [-0.25, -0.2) is 9.07 Å². The molecular formula is C32H36F4N8O3. The van der Waals surface area contributed by atoms with E-state index in [-0.39, 0.29) is 53.2 Å². The Kier molecular flexibility index (Phi) is 8.76. The van der Waals surface area contributed by atoms with E-state index in [1.165, 1.54) is 29.8 Å². The molecule has 6 rings (SSSR count). The lowest BCUT2D eigenvalue weighted by atomic mass is 9.97. The Morgan fingerprint density at radius 2 is 1.66 bits per heavy atom. The highest BCUT2D eigenvalue weighted by Gasteiger charge is 2.43. The molecule has 3 saturated heterocycles. The summed E-state index contributed by atoms with van der Waals surface area (Å²) >= 11 is 0. The van der Waals surface area contributed by atoms with Gasteiger partial charge in [0.05, 0.1) is 28.9 Å². The van der Waals surface area contributed by atoms with Crippen LogP contribution in [-0.2, 0) is 15.8 Å². The third-order valence-corrected chi connectivity index (χ3v) is 9.51. The quantitative estimate of drug-likeness (QED) is 0.371. The molecule has 0 saturated carbocycles. The van der Waals surface area contributed by atoms with Crippen molar-refractivity contribution in [1.82, 2.24) is 40.0 Å². The molecule has 250 valence electrons. The molecule has 11 nitrogen and oxygen atoms in total. The number of halogens is 4. The first-order valence-electron chi connectivity index (χ1n) is 15.6. The van der Waals surface area contributed by atoms with Crippen molar-refractivity contribution in [2.45, 2.75) is 39.4 Å². The van der Waals surface area contributed by atoms with Crippen LogP contribution in [0.5, 0.6) is 0 Å². The lowest BCUT2D eigenvalue weighted by Crippen LogP contribution is -2.55. The molecule has 3 aliphatic rings. The van der Waals surface area contributed by atoms with Crippen LogP contribution >= 0.6 is 0 Å². The average Bonchev–Trinajstić information content (AvgIpc) is 3.64. The Hall–Kier alpha value is -4.40. The van der Waals surface area contributed by atoms with Gasteiger partial charge in [0.15, 0.2) is 11.5 Å². The minimum atomic E-state index is -4.61. The summed E-state index contributed by atoms with van der Waals surface area (Å²) in [4.78, 5) is 43.9. The summed E-state index contributed by atoms with van der Waals surface area (Å²) in [6, 6.07) is 7.85. The van der Waals surface area contributed by atoms with E-state index in [0.29, 0.717) is 61.7 Å². The maximum atomic E-state index is 14.1. The van der Waals surface area contributed by atoms with Crippen LogP contribution in [-0.4, -0.2) is 98.2 Å². The number of amides is 3. The normalized spacial score (nSPS) is 20.7. The van der Waals surface area contributed by atoms with E-state index >= 15 is 0 Å². The topological polar surface area (TPSA) is 117 Å². The van der Waals surface area contributed by atoms with Crippen LogP contribution in [0.3, 0.4) is 0 Å². The number of alkyl halides is 3. The standard InChI is InChI=1S/C32H36F4N8O3/c1-18-29(19(2)44(40-18)28-8-7-27(38-39-28)32(34,35)36)31(47)43-14-22-12-41(13-23(22)15-43)10-9-26(21-5-4-6-25(33)11-21)37-30(46)24-16-42(17-24)20(3)45/h4-8,11,22-24,26H,9-10,12-17H2,1-3H3,(H,37,46)/t22?,23?,26-/m0/s1. The van der Waals surface area contributed by atoms with Crippen LogP contribution in [0, 0.1) is 37.4 Å². The summed E-state index contributed by atoms with van der Waals surface area (Å²) < 4.78 is 54.2. The molecule has 47 heavy (non-hydrogen) atoms. The maximum Gasteiger partial charge on any atom is 0.435 e. The molecule has 0 bridgehead atoms. The number of nitrogens with one attached hydrogen (secondary N) is 1. The molecule has 3 atom stereocenters. The highest BCUT2D eigenvalue weighted by atomic mass is 19.4. The second-order valence-electron chi connectivity index (χ2n) is 12.7. The van der Waals surface area contributed by atoms with Crippen molar-refractivity contribution in [3.63, 3.8) is 0 Å². The lowest BCUT2D eigenvalue weighted by molar-refractivity contribution is -0.142. The van der Waals surface area contributed by atoms with Gasteiger partial charge in [-0.15, -0.1) is 10.2 Å². The van der Waals surface area contributed by atoms with Crippen molar-refractivity contribution in [3.05, 3.63) is 70.4 Å². The number of likely N-dealkylation sites (tertiary alicyclic amines) is 3. The molecule has 3 aromatic rings. The van der Waals surface area contributed by atoms with Gasteiger partial charge in [0.25, 0.3) is 5.91 Å². The summed E-state index contributed by atoms with van der Waals surface area (Å²) in [6.07, 6.45) is -4.04. The third kappa shape index (κ3) is 6.71. The fourth-order valence-corrected chi connectivity index (χ4v) is 6.91. The molecule has 15 heteroatoms. The summed E-state index contributed by atoms with van der Waals surface area (Å²) in [5.41, 5.74) is 0.901. The SMILES string of the molecule is CC(=O)N1CC(C(=O)N[C@@H](CCN2CC3CN(C(=O)c4c(C)nn(-c5ccc(C(F)(F)F)nn5)c4C)CC3C2)c2cccc(F)c2)C1. The molecular weight excluding hydrogens is 620 g/mol. The largest absolute Gasteiger partial charge is 0.435 e. The molecule has 0 aliphatic carbocycles. The molecule has 1 N–H and O–H groups in total. The lowest BCUT2D eigenvalue weighted by Gasteiger charge is -2.38. The molecule has 0 radical (unpaired) electrons. The van der Waals surface area contributed by atoms with Gasteiger partial charge < -0.3 is 20.0 Å². The van der Waals surface area contributed by atoms with E-state index in [0.717, 1.165) is 19.2 Å².